The van der Waals surface area contributed by atoms with E-state index < -0.39 is 0 Å². The summed E-state index contributed by atoms with van der Waals surface area (Å²) in [6, 6.07) is 10.8. The lowest BCUT2D eigenvalue weighted by Crippen LogP contribution is -2.18. The van der Waals surface area contributed by atoms with Gasteiger partial charge in [0, 0.05) is 16.6 Å². The van der Waals surface area contributed by atoms with E-state index in [0.717, 1.165) is 10.5 Å². The van der Waals surface area contributed by atoms with Gasteiger partial charge in [-0.2, -0.15) is 5.10 Å². The normalized spacial score (nSPS) is 12.0. The Morgan fingerprint density at radius 1 is 1.15 bits per heavy atom. The summed E-state index contributed by atoms with van der Waals surface area (Å²) in [6.45, 7) is 10.4. The Bertz CT molecular complexity index is 671. The summed E-state index contributed by atoms with van der Waals surface area (Å²) >= 11 is 1.70. The first-order chi connectivity index (χ1) is 9.50. The van der Waals surface area contributed by atoms with E-state index in [-0.39, 0.29) is 0 Å². The standard InChI is InChI=1S/C16H21N3S/c1-11(2)17-18-16-19(12(3)4)15(13(5)20-16)14-9-7-6-8-10-14/h6-10,12H,1-5H3/b18-16-. The Balaban J connectivity index is 2.70. The van der Waals surface area contributed by atoms with Crippen molar-refractivity contribution in [2.75, 3.05) is 0 Å². The van der Waals surface area contributed by atoms with Crippen LogP contribution in [-0.4, -0.2) is 10.3 Å². The molecule has 4 heteroatoms. The number of rotatable bonds is 3. The van der Waals surface area contributed by atoms with Gasteiger partial charge in [-0.05, 0) is 40.2 Å². The predicted octanol–water partition coefficient (Wildman–Crippen LogP) is 4.40. The molecular formula is C16H21N3S. The fourth-order valence-corrected chi connectivity index (χ4v) is 3.20. The molecule has 0 saturated carbocycles. The van der Waals surface area contributed by atoms with E-state index in [0.29, 0.717) is 6.04 Å². The zero-order chi connectivity index (χ0) is 14.7. The Labute approximate surface area is 124 Å². The van der Waals surface area contributed by atoms with E-state index in [9.17, 15) is 0 Å². The molecule has 1 aromatic heterocycles. The van der Waals surface area contributed by atoms with Gasteiger partial charge in [-0.3, -0.25) is 0 Å². The van der Waals surface area contributed by atoms with Crippen LogP contribution < -0.4 is 4.80 Å². The zero-order valence-electron chi connectivity index (χ0n) is 12.7. The van der Waals surface area contributed by atoms with E-state index in [1.807, 2.05) is 19.9 Å². The minimum atomic E-state index is 0.348. The Kier molecular flexibility index (Phi) is 4.55. The van der Waals surface area contributed by atoms with Crippen LogP contribution in [0.25, 0.3) is 11.3 Å². The van der Waals surface area contributed by atoms with E-state index in [4.69, 9.17) is 0 Å². The lowest BCUT2D eigenvalue weighted by molar-refractivity contribution is 0.587. The number of hydrogen-bond acceptors (Lipinski definition) is 3. The van der Waals surface area contributed by atoms with Crippen LogP contribution in [0.5, 0.6) is 0 Å². The molecule has 0 atom stereocenters. The molecule has 0 aliphatic rings. The Morgan fingerprint density at radius 2 is 1.80 bits per heavy atom. The summed E-state index contributed by atoms with van der Waals surface area (Å²) in [5, 5.41) is 8.62. The molecular weight excluding hydrogens is 266 g/mol. The average Bonchev–Trinajstić information content (AvgIpc) is 2.74. The van der Waals surface area contributed by atoms with Crippen molar-refractivity contribution < 1.29 is 0 Å². The molecule has 1 heterocycles. The Hall–Kier alpha value is -1.68. The molecule has 20 heavy (non-hydrogen) atoms. The van der Waals surface area contributed by atoms with Gasteiger partial charge in [0.15, 0.2) is 0 Å². The van der Waals surface area contributed by atoms with Crippen LogP contribution in [0.2, 0.25) is 0 Å². The van der Waals surface area contributed by atoms with Crippen molar-refractivity contribution in [1.29, 1.82) is 0 Å². The molecule has 0 aliphatic heterocycles. The van der Waals surface area contributed by atoms with E-state index in [2.05, 4.69) is 59.8 Å². The molecule has 0 amide bonds. The quantitative estimate of drug-likeness (QED) is 0.591. The molecule has 0 bridgehead atoms. The molecule has 0 radical (unpaired) electrons. The molecule has 1 aromatic carbocycles. The number of aromatic nitrogens is 1. The average molecular weight is 287 g/mol. The fourth-order valence-electron chi connectivity index (χ4n) is 2.13. The molecule has 0 spiro atoms. The lowest BCUT2D eigenvalue weighted by Gasteiger charge is -2.13. The smallest absolute Gasteiger partial charge is 0.211 e. The van der Waals surface area contributed by atoms with Crippen molar-refractivity contribution in [3.63, 3.8) is 0 Å². The van der Waals surface area contributed by atoms with Gasteiger partial charge >= 0.3 is 0 Å². The summed E-state index contributed by atoms with van der Waals surface area (Å²) in [5.74, 6) is 0. The van der Waals surface area contributed by atoms with Crippen LogP contribution in [0, 0.1) is 6.92 Å². The first-order valence-corrected chi connectivity index (χ1v) is 7.64. The van der Waals surface area contributed by atoms with Crippen LogP contribution in [0.4, 0.5) is 0 Å². The number of thiazole rings is 1. The van der Waals surface area contributed by atoms with Gasteiger partial charge in [-0.25, -0.2) is 0 Å². The molecule has 3 nitrogen and oxygen atoms in total. The number of hydrogen-bond donors (Lipinski definition) is 0. The first-order valence-electron chi connectivity index (χ1n) is 6.83. The van der Waals surface area contributed by atoms with Crippen LogP contribution in [0.15, 0.2) is 40.5 Å². The van der Waals surface area contributed by atoms with Gasteiger partial charge in [0.2, 0.25) is 4.80 Å². The number of aryl methyl sites for hydroxylation is 1. The molecule has 0 aliphatic carbocycles. The van der Waals surface area contributed by atoms with Gasteiger partial charge in [0.25, 0.3) is 0 Å². The largest absolute Gasteiger partial charge is 0.312 e. The van der Waals surface area contributed by atoms with E-state index >= 15 is 0 Å². The van der Waals surface area contributed by atoms with Crippen molar-refractivity contribution in [2.24, 2.45) is 10.2 Å². The Morgan fingerprint density at radius 3 is 2.35 bits per heavy atom. The maximum absolute atomic E-state index is 4.40. The maximum Gasteiger partial charge on any atom is 0.211 e. The molecule has 2 aromatic rings. The predicted molar refractivity (Wildman–Crippen MR) is 87.2 cm³/mol. The third-order valence-corrected chi connectivity index (χ3v) is 3.88. The van der Waals surface area contributed by atoms with Crippen molar-refractivity contribution in [3.05, 3.63) is 40.0 Å². The number of benzene rings is 1. The van der Waals surface area contributed by atoms with Crippen LogP contribution >= 0.6 is 11.3 Å². The van der Waals surface area contributed by atoms with Crippen LogP contribution in [-0.2, 0) is 0 Å². The summed E-state index contributed by atoms with van der Waals surface area (Å²) in [5.41, 5.74) is 3.44. The highest BCUT2D eigenvalue weighted by Gasteiger charge is 2.14. The van der Waals surface area contributed by atoms with Gasteiger partial charge in [0.1, 0.15) is 0 Å². The molecule has 0 N–H and O–H groups in total. The summed E-state index contributed by atoms with van der Waals surface area (Å²) in [6.07, 6.45) is 0. The van der Waals surface area contributed by atoms with Gasteiger partial charge in [-0.15, -0.1) is 5.10 Å². The third kappa shape index (κ3) is 3.07. The second-order valence-electron chi connectivity index (χ2n) is 5.27. The highest BCUT2D eigenvalue weighted by Crippen LogP contribution is 2.27. The molecule has 2 rings (SSSR count). The maximum atomic E-state index is 4.40. The fraction of sp³-hybridized carbons (Fsp3) is 0.375. The summed E-state index contributed by atoms with van der Waals surface area (Å²) in [7, 11) is 0. The second kappa shape index (κ2) is 6.18. The topological polar surface area (TPSA) is 29.6 Å². The minimum Gasteiger partial charge on any atom is -0.312 e. The van der Waals surface area contributed by atoms with Crippen LogP contribution in [0.3, 0.4) is 0 Å². The monoisotopic (exact) mass is 287 g/mol. The first kappa shape index (κ1) is 14.7. The minimum absolute atomic E-state index is 0.348. The van der Waals surface area contributed by atoms with Crippen molar-refractivity contribution >= 4 is 17.0 Å². The number of nitrogens with zero attached hydrogens (tertiary/aromatic N) is 3. The third-order valence-electron chi connectivity index (χ3n) is 2.92. The van der Waals surface area contributed by atoms with E-state index in [1.165, 1.54) is 16.1 Å². The SMILES string of the molecule is CC(C)=N/N=c1\sc(C)c(-c2ccccc2)n1C(C)C. The lowest BCUT2D eigenvalue weighted by atomic mass is 10.1. The second-order valence-corrected chi connectivity index (χ2v) is 6.45. The molecule has 0 fully saturated rings. The summed E-state index contributed by atoms with van der Waals surface area (Å²) < 4.78 is 2.27. The van der Waals surface area contributed by atoms with Crippen molar-refractivity contribution in [3.8, 4) is 11.3 Å². The van der Waals surface area contributed by atoms with Gasteiger partial charge in [0.05, 0.1) is 5.69 Å². The van der Waals surface area contributed by atoms with Gasteiger partial charge < -0.3 is 4.57 Å². The van der Waals surface area contributed by atoms with Crippen molar-refractivity contribution in [2.45, 2.75) is 40.7 Å². The summed E-state index contributed by atoms with van der Waals surface area (Å²) in [4.78, 5) is 2.23. The zero-order valence-corrected chi connectivity index (χ0v) is 13.5. The molecule has 0 unspecified atom stereocenters. The highest BCUT2D eigenvalue weighted by atomic mass is 32.1. The van der Waals surface area contributed by atoms with Gasteiger partial charge in [-0.1, -0.05) is 41.7 Å². The molecule has 0 saturated heterocycles. The highest BCUT2D eigenvalue weighted by molar-refractivity contribution is 7.09. The van der Waals surface area contributed by atoms with Crippen LogP contribution in [0.1, 0.15) is 38.6 Å². The van der Waals surface area contributed by atoms with Crippen molar-refractivity contribution in [1.82, 2.24) is 4.57 Å². The van der Waals surface area contributed by atoms with E-state index in [1.54, 1.807) is 11.3 Å². The molecule has 106 valence electrons.